The van der Waals surface area contributed by atoms with E-state index >= 15 is 0 Å². The average Bonchev–Trinajstić information content (AvgIpc) is 3.09. The summed E-state index contributed by atoms with van der Waals surface area (Å²) >= 11 is 1.36. The van der Waals surface area contributed by atoms with Gasteiger partial charge in [-0.2, -0.15) is 5.10 Å². The minimum Gasteiger partial charge on any atom is -0.480 e. The van der Waals surface area contributed by atoms with Crippen LogP contribution in [0.25, 0.3) is 10.2 Å². The zero-order chi connectivity index (χ0) is 17.5. The number of carboxylic acid groups (broad SMARTS) is 1. The van der Waals surface area contributed by atoms with Crippen LogP contribution in [-0.2, 0) is 11.8 Å². The first kappa shape index (κ1) is 17.0. The van der Waals surface area contributed by atoms with Crippen molar-refractivity contribution >= 4 is 33.4 Å². The van der Waals surface area contributed by atoms with Gasteiger partial charge in [0.05, 0.1) is 10.6 Å². The topological polar surface area (TPSA) is 84.2 Å². The molecular formula is C17H23N3O3S. The van der Waals surface area contributed by atoms with Crippen molar-refractivity contribution in [2.24, 2.45) is 7.05 Å². The molecule has 2 aromatic rings. The van der Waals surface area contributed by atoms with Gasteiger partial charge in [0.25, 0.3) is 5.91 Å². The van der Waals surface area contributed by atoms with Gasteiger partial charge in [-0.3, -0.25) is 9.48 Å². The fraction of sp³-hybridized carbons (Fsp3) is 0.588. The van der Waals surface area contributed by atoms with Gasteiger partial charge in [0, 0.05) is 12.4 Å². The van der Waals surface area contributed by atoms with Gasteiger partial charge in [-0.25, -0.2) is 4.79 Å². The maximum Gasteiger partial charge on any atom is 0.329 e. The number of aromatic nitrogens is 2. The third-order valence-corrected chi connectivity index (χ3v) is 5.98. The lowest BCUT2D eigenvalue weighted by molar-refractivity contribution is -0.145. The average molecular weight is 349 g/mol. The van der Waals surface area contributed by atoms with Crippen molar-refractivity contribution in [2.75, 3.05) is 0 Å². The molecule has 1 fully saturated rings. The lowest BCUT2D eigenvalue weighted by Gasteiger charge is -2.33. The summed E-state index contributed by atoms with van der Waals surface area (Å²) in [6, 6.07) is 1.84. The largest absolute Gasteiger partial charge is 0.480 e. The number of rotatable bonds is 4. The number of thiophene rings is 1. The van der Waals surface area contributed by atoms with Crippen LogP contribution >= 0.6 is 11.3 Å². The van der Waals surface area contributed by atoms with Crippen LogP contribution < -0.4 is 5.32 Å². The Kier molecular flexibility index (Phi) is 4.38. The highest BCUT2D eigenvalue weighted by Crippen LogP contribution is 2.33. The van der Waals surface area contributed by atoms with Crippen molar-refractivity contribution in [3.8, 4) is 0 Å². The van der Waals surface area contributed by atoms with Gasteiger partial charge >= 0.3 is 5.97 Å². The highest BCUT2D eigenvalue weighted by atomic mass is 32.1. The Morgan fingerprint density at radius 1 is 1.33 bits per heavy atom. The Balaban J connectivity index is 1.91. The van der Waals surface area contributed by atoms with Gasteiger partial charge in [0.1, 0.15) is 10.4 Å². The summed E-state index contributed by atoms with van der Waals surface area (Å²) in [5.74, 6) is -0.959. The van der Waals surface area contributed by atoms with Crippen molar-refractivity contribution in [1.29, 1.82) is 0 Å². The fourth-order valence-electron chi connectivity index (χ4n) is 3.43. The molecule has 0 spiro atoms. The molecule has 0 unspecified atom stereocenters. The van der Waals surface area contributed by atoms with Crippen LogP contribution in [0.4, 0.5) is 0 Å². The van der Waals surface area contributed by atoms with Gasteiger partial charge in [-0.05, 0) is 24.8 Å². The van der Waals surface area contributed by atoms with E-state index < -0.39 is 11.5 Å². The molecule has 130 valence electrons. The SMILES string of the molecule is CC(C)c1nn(C)c2sc(C(=O)NC3(C(=O)O)CCCCC3)cc12. The Labute approximate surface area is 144 Å². The first-order chi connectivity index (χ1) is 11.3. The second kappa shape index (κ2) is 6.20. The number of hydrogen-bond donors (Lipinski definition) is 2. The lowest BCUT2D eigenvalue weighted by Crippen LogP contribution is -2.55. The molecule has 2 aromatic heterocycles. The van der Waals surface area contributed by atoms with Gasteiger partial charge in [0.15, 0.2) is 0 Å². The molecule has 1 aliphatic rings. The minimum absolute atomic E-state index is 0.267. The number of amides is 1. The summed E-state index contributed by atoms with van der Waals surface area (Å²) in [7, 11) is 1.87. The van der Waals surface area contributed by atoms with Crippen LogP contribution in [0.5, 0.6) is 0 Å². The van der Waals surface area contributed by atoms with E-state index in [0.717, 1.165) is 35.2 Å². The predicted octanol–water partition coefficient (Wildman–Crippen LogP) is 3.28. The molecular weight excluding hydrogens is 326 g/mol. The highest BCUT2D eigenvalue weighted by Gasteiger charge is 2.41. The quantitative estimate of drug-likeness (QED) is 0.887. The predicted molar refractivity (Wildman–Crippen MR) is 93.6 cm³/mol. The molecule has 1 amide bonds. The molecule has 1 saturated carbocycles. The number of hydrogen-bond acceptors (Lipinski definition) is 4. The number of fused-ring (bicyclic) bond motifs is 1. The van der Waals surface area contributed by atoms with Crippen LogP contribution in [0.1, 0.15) is 67.2 Å². The van der Waals surface area contributed by atoms with Crippen molar-refractivity contribution in [1.82, 2.24) is 15.1 Å². The molecule has 0 atom stereocenters. The van der Waals surface area contributed by atoms with Crippen LogP contribution in [-0.4, -0.2) is 32.3 Å². The molecule has 0 aromatic carbocycles. The Bertz CT molecular complexity index is 784. The van der Waals surface area contributed by atoms with E-state index in [4.69, 9.17) is 0 Å². The van der Waals surface area contributed by atoms with Crippen molar-refractivity contribution in [3.63, 3.8) is 0 Å². The van der Waals surface area contributed by atoms with Gasteiger partial charge in [-0.15, -0.1) is 11.3 Å². The maximum atomic E-state index is 12.7. The fourth-order valence-corrected chi connectivity index (χ4v) is 4.41. The number of aliphatic carboxylic acids is 1. The summed E-state index contributed by atoms with van der Waals surface area (Å²) in [4.78, 5) is 25.9. The zero-order valence-electron chi connectivity index (χ0n) is 14.3. The number of carbonyl (C=O) groups excluding carboxylic acids is 1. The second-order valence-electron chi connectivity index (χ2n) is 6.90. The van der Waals surface area contributed by atoms with E-state index in [1.54, 1.807) is 4.68 Å². The molecule has 6 nitrogen and oxygen atoms in total. The van der Waals surface area contributed by atoms with Crippen LogP contribution in [0.3, 0.4) is 0 Å². The van der Waals surface area contributed by atoms with Crippen LogP contribution in [0, 0.1) is 0 Å². The minimum atomic E-state index is -1.12. The maximum absolute atomic E-state index is 12.7. The first-order valence-corrected chi connectivity index (χ1v) is 9.18. The summed E-state index contributed by atoms with van der Waals surface area (Å²) in [6.07, 6.45) is 3.69. The zero-order valence-corrected chi connectivity index (χ0v) is 15.1. The Hall–Kier alpha value is -1.89. The molecule has 0 bridgehead atoms. The lowest BCUT2D eigenvalue weighted by atomic mass is 9.81. The van der Waals surface area contributed by atoms with E-state index in [1.165, 1.54) is 11.3 Å². The standard InChI is InChI=1S/C17H23N3O3S/c1-10(2)13-11-9-12(24-15(11)20(3)19-13)14(21)18-17(16(22)23)7-5-4-6-8-17/h9-10H,4-8H2,1-3H3,(H,18,21)(H,22,23). The van der Waals surface area contributed by atoms with E-state index in [9.17, 15) is 14.7 Å². The molecule has 2 N–H and O–H groups in total. The van der Waals surface area contributed by atoms with Crippen molar-refractivity contribution in [2.45, 2.75) is 57.4 Å². The van der Waals surface area contributed by atoms with Crippen LogP contribution in [0.2, 0.25) is 0 Å². The highest BCUT2D eigenvalue weighted by molar-refractivity contribution is 7.20. The van der Waals surface area contributed by atoms with Gasteiger partial charge in [-0.1, -0.05) is 33.1 Å². The van der Waals surface area contributed by atoms with E-state index in [1.807, 2.05) is 13.1 Å². The van der Waals surface area contributed by atoms with E-state index in [2.05, 4.69) is 24.3 Å². The molecule has 0 aliphatic heterocycles. The summed E-state index contributed by atoms with van der Waals surface area (Å²) in [5, 5.41) is 17.9. The number of nitrogens with one attached hydrogen (secondary N) is 1. The summed E-state index contributed by atoms with van der Waals surface area (Å²) in [6.45, 7) is 4.14. The normalized spacial score (nSPS) is 17.3. The van der Waals surface area contributed by atoms with E-state index in [-0.39, 0.29) is 11.8 Å². The third kappa shape index (κ3) is 2.81. The molecule has 24 heavy (non-hydrogen) atoms. The Morgan fingerprint density at radius 2 is 2.00 bits per heavy atom. The first-order valence-electron chi connectivity index (χ1n) is 8.36. The van der Waals surface area contributed by atoms with E-state index in [0.29, 0.717) is 17.7 Å². The summed E-state index contributed by atoms with van der Waals surface area (Å²) < 4.78 is 1.79. The molecule has 1 aliphatic carbocycles. The molecule has 0 saturated heterocycles. The summed E-state index contributed by atoms with van der Waals surface area (Å²) in [5.41, 5.74) is -0.154. The smallest absolute Gasteiger partial charge is 0.329 e. The van der Waals surface area contributed by atoms with Crippen LogP contribution in [0.15, 0.2) is 6.07 Å². The molecule has 7 heteroatoms. The monoisotopic (exact) mass is 349 g/mol. The molecule has 0 radical (unpaired) electrons. The van der Waals surface area contributed by atoms with Crippen molar-refractivity contribution < 1.29 is 14.7 Å². The number of nitrogens with zero attached hydrogens (tertiary/aromatic N) is 2. The Morgan fingerprint density at radius 3 is 2.58 bits per heavy atom. The molecule has 2 heterocycles. The number of carbonyl (C=O) groups is 2. The van der Waals surface area contributed by atoms with Crippen molar-refractivity contribution in [3.05, 3.63) is 16.6 Å². The molecule has 3 rings (SSSR count). The van der Waals surface area contributed by atoms with Gasteiger partial charge in [0.2, 0.25) is 0 Å². The number of aryl methyl sites for hydroxylation is 1. The van der Waals surface area contributed by atoms with Gasteiger partial charge < -0.3 is 10.4 Å². The third-order valence-electron chi connectivity index (χ3n) is 4.78. The second-order valence-corrected chi connectivity index (χ2v) is 7.93. The number of carboxylic acids is 1.